The Morgan fingerprint density at radius 1 is 1.10 bits per heavy atom. The van der Waals surface area contributed by atoms with Crippen LogP contribution in [0.5, 0.6) is 0 Å². The van der Waals surface area contributed by atoms with E-state index in [1.807, 2.05) is 6.08 Å². The van der Waals surface area contributed by atoms with Gasteiger partial charge in [-0.3, -0.25) is 0 Å². The fraction of sp³-hybridized carbons (Fsp3) is 0.862. The number of hydrogen-bond donors (Lipinski definition) is 2. The zero-order valence-corrected chi connectivity index (χ0v) is 20.8. The number of hydrogen-bond acceptors (Lipinski definition) is 2. The summed E-state index contributed by atoms with van der Waals surface area (Å²) in [6.07, 6.45) is 18.1. The molecule has 0 aromatic heterocycles. The third-order valence-corrected chi connectivity index (χ3v) is 10.8. The summed E-state index contributed by atoms with van der Waals surface area (Å²) in [7, 11) is 0. The number of allylic oxidation sites excluding steroid dienone is 2. The lowest BCUT2D eigenvalue weighted by atomic mass is 9.45. The molecule has 0 bridgehead atoms. The monoisotopic (exact) mass is 428 g/mol. The second-order valence-electron chi connectivity index (χ2n) is 12.7. The summed E-state index contributed by atoms with van der Waals surface area (Å²) in [6.45, 7) is 12.4. The van der Waals surface area contributed by atoms with Crippen LogP contribution in [-0.2, 0) is 0 Å². The minimum Gasteiger partial charge on any atom is -0.516 e. The van der Waals surface area contributed by atoms with Gasteiger partial charge in [-0.15, -0.1) is 0 Å². The molecule has 2 nitrogen and oxygen atoms in total. The van der Waals surface area contributed by atoms with E-state index in [0.717, 1.165) is 42.4 Å². The number of aliphatic hydroxyl groups excluding tert-OH is 2. The smallest absolute Gasteiger partial charge is 0.0754 e. The highest BCUT2D eigenvalue weighted by atomic mass is 16.3. The Balaban J connectivity index is 1.55. The molecule has 0 heterocycles. The first-order valence-corrected chi connectivity index (χ1v) is 13.4. The lowest BCUT2D eigenvalue weighted by Crippen LogP contribution is -2.53. The molecule has 3 fully saturated rings. The van der Waals surface area contributed by atoms with E-state index >= 15 is 0 Å². The van der Waals surface area contributed by atoms with Crippen molar-refractivity contribution in [2.45, 2.75) is 105 Å². The van der Waals surface area contributed by atoms with Crippen LogP contribution in [0.1, 0.15) is 98.8 Å². The summed E-state index contributed by atoms with van der Waals surface area (Å²) in [5, 5.41) is 20.1. The molecule has 0 spiro atoms. The quantitative estimate of drug-likeness (QED) is 0.336. The third kappa shape index (κ3) is 3.94. The lowest BCUT2D eigenvalue weighted by Gasteiger charge is -2.60. The van der Waals surface area contributed by atoms with Crippen LogP contribution in [0.3, 0.4) is 0 Å². The highest BCUT2D eigenvalue weighted by Crippen LogP contribution is 2.68. The molecular formula is C29H48O2. The minimum absolute atomic E-state index is 0.115. The summed E-state index contributed by atoms with van der Waals surface area (Å²) in [5.41, 5.74) is 2.11. The molecule has 31 heavy (non-hydrogen) atoms. The summed E-state index contributed by atoms with van der Waals surface area (Å²) in [4.78, 5) is 0. The molecule has 176 valence electrons. The molecule has 0 aromatic carbocycles. The van der Waals surface area contributed by atoms with E-state index in [-0.39, 0.29) is 17.4 Å². The Morgan fingerprint density at radius 3 is 2.58 bits per heavy atom. The van der Waals surface area contributed by atoms with Crippen molar-refractivity contribution in [2.75, 3.05) is 0 Å². The molecule has 0 aromatic rings. The van der Waals surface area contributed by atoms with Crippen LogP contribution < -0.4 is 0 Å². The Labute approximate surface area is 191 Å². The van der Waals surface area contributed by atoms with Gasteiger partial charge in [0.05, 0.1) is 12.4 Å². The predicted molar refractivity (Wildman–Crippen MR) is 130 cm³/mol. The number of fused-ring (bicyclic) bond motifs is 5. The van der Waals surface area contributed by atoms with E-state index in [9.17, 15) is 10.2 Å². The molecule has 0 amide bonds. The van der Waals surface area contributed by atoms with Gasteiger partial charge in [0, 0.05) is 0 Å². The average Bonchev–Trinajstić information content (AvgIpc) is 3.06. The summed E-state index contributed by atoms with van der Waals surface area (Å²) in [5.74, 6) is 5.17. The molecule has 1 unspecified atom stereocenters. The van der Waals surface area contributed by atoms with Gasteiger partial charge in [0.25, 0.3) is 0 Å². The van der Waals surface area contributed by atoms with Crippen LogP contribution in [-0.4, -0.2) is 16.3 Å². The van der Waals surface area contributed by atoms with E-state index in [1.54, 1.807) is 0 Å². The van der Waals surface area contributed by atoms with Crippen LogP contribution in [0, 0.1) is 52.3 Å². The zero-order valence-electron chi connectivity index (χ0n) is 20.8. The van der Waals surface area contributed by atoms with Crippen molar-refractivity contribution in [2.24, 2.45) is 52.3 Å². The van der Waals surface area contributed by atoms with Crippen molar-refractivity contribution >= 4 is 0 Å². The van der Waals surface area contributed by atoms with Gasteiger partial charge >= 0.3 is 0 Å². The first-order valence-electron chi connectivity index (χ1n) is 13.4. The lowest BCUT2D eigenvalue weighted by molar-refractivity contribution is -0.0708. The maximum atomic E-state index is 10.5. The van der Waals surface area contributed by atoms with Gasteiger partial charge in [-0.25, -0.2) is 0 Å². The van der Waals surface area contributed by atoms with Gasteiger partial charge in [-0.2, -0.15) is 0 Å². The molecule has 9 atom stereocenters. The second-order valence-corrected chi connectivity index (χ2v) is 12.7. The second kappa shape index (κ2) is 8.88. The standard InChI is InChI=1S/C29H48O2/c1-19(2)7-6-8-20(3)25-11-12-26-24-10-9-21-17-23(31)18-22(14-16-30)29(21,5)27(24)13-15-28(25,26)4/h9,14,16,19-20,22-27,30-31H,6-8,10-13,15,17-18H2,1-5H3/t20-,22?,23-,24+,25-,26+,27+,28-,29-/m1/s1. The van der Waals surface area contributed by atoms with Crippen molar-refractivity contribution in [3.8, 4) is 0 Å². The molecule has 0 aliphatic heterocycles. The van der Waals surface area contributed by atoms with Crippen molar-refractivity contribution in [3.05, 3.63) is 24.0 Å². The van der Waals surface area contributed by atoms with E-state index < -0.39 is 0 Å². The highest BCUT2D eigenvalue weighted by molar-refractivity contribution is 5.29. The molecule has 4 aliphatic rings. The fourth-order valence-corrected chi connectivity index (χ4v) is 9.20. The van der Waals surface area contributed by atoms with Crippen LogP contribution in [0.4, 0.5) is 0 Å². The van der Waals surface area contributed by atoms with E-state index in [4.69, 9.17) is 0 Å². The topological polar surface area (TPSA) is 40.5 Å². The molecule has 2 heteroatoms. The predicted octanol–water partition coefficient (Wildman–Crippen LogP) is 7.69. The van der Waals surface area contributed by atoms with Crippen LogP contribution in [0.2, 0.25) is 0 Å². The van der Waals surface area contributed by atoms with Crippen LogP contribution in [0.25, 0.3) is 0 Å². The maximum Gasteiger partial charge on any atom is 0.0754 e. The maximum absolute atomic E-state index is 10.5. The van der Waals surface area contributed by atoms with Gasteiger partial charge in [-0.05, 0) is 103 Å². The Hall–Kier alpha value is -0.760. The van der Waals surface area contributed by atoms with Gasteiger partial charge in [0.2, 0.25) is 0 Å². The molecule has 0 radical (unpaired) electrons. The zero-order chi connectivity index (χ0) is 22.4. The molecule has 4 rings (SSSR count). The largest absolute Gasteiger partial charge is 0.516 e. The first-order chi connectivity index (χ1) is 14.7. The Kier molecular flexibility index (Phi) is 6.70. The van der Waals surface area contributed by atoms with Crippen LogP contribution in [0.15, 0.2) is 24.0 Å². The summed E-state index contributed by atoms with van der Waals surface area (Å²) >= 11 is 0. The van der Waals surface area contributed by atoms with Gasteiger partial charge in [-0.1, -0.05) is 65.5 Å². The van der Waals surface area contributed by atoms with E-state index in [2.05, 4.69) is 40.7 Å². The summed E-state index contributed by atoms with van der Waals surface area (Å²) < 4.78 is 0. The van der Waals surface area contributed by atoms with Crippen molar-refractivity contribution in [3.63, 3.8) is 0 Å². The van der Waals surface area contributed by atoms with Crippen LogP contribution >= 0.6 is 0 Å². The van der Waals surface area contributed by atoms with E-state index in [0.29, 0.717) is 11.3 Å². The van der Waals surface area contributed by atoms with Gasteiger partial charge < -0.3 is 10.2 Å². The molecule has 3 saturated carbocycles. The number of aliphatic hydroxyl groups is 2. The Bertz CT molecular complexity index is 693. The van der Waals surface area contributed by atoms with Gasteiger partial charge in [0.15, 0.2) is 0 Å². The highest BCUT2D eigenvalue weighted by Gasteiger charge is 2.60. The van der Waals surface area contributed by atoms with E-state index in [1.165, 1.54) is 63.2 Å². The SMILES string of the molecule is CC(C)CCC[C@@H](C)[C@H]1CC[C@H]2[C@@H]3CC=C4C[C@@H](O)CC(C=CO)[C@]4(C)[C@H]3CC[C@]12C. The normalized spacial score (nSPS) is 45.8. The molecular weight excluding hydrogens is 380 g/mol. The average molecular weight is 429 g/mol. The fourth-order valence-electron chi connectivity index (χ4n) is 9.20. The van der Waals surface area contributed by atoms with Gasteiger partial charge in [0.1, 0.15) is 0 Å². The molecule has 4 aliphatic carbocycles. The minimum atomic E-state index is -0.256. The Morgan fingerprint density at radius 2 is 1.87 bits per heavy atom. The molecule has 2 N–H and O–H groups in total. The van der Waals surface area contributed by atoms with Crippen molar-refractivity contribution in [1.82, 2.24) is 0 Å². The summed E-state index contributed by atoms with van der Waals surface area (Å²) in [6, 6.07) is 0. The third-order valence-electron chi connectivity index (χ3n) is 10.8. The van der Waals surface area contributed by atoms with Crippen molar-refractivity contribution in [1.29, 1.82) is 0 Å². The molecule has 0 saturated heterocycles. The number of rotatable bonds is 6. The van der Waals surface area contributed by atoms with Crippen molar-refractivity contribution < 1.29 is 10.2 Å². The first kappa shape index (κ1) is 23.4.